The van der Waals surface area contributed by atoms with Crippen LogP contribution in [0.25, 0.3) is 0 Å². The topological polar surface area (TPSA) is 72.2 Å². The van der Waals surface area contributed by atoms with Crippen molar-refractivity contribution in [3.63, 3.8) is 0 Å². The van der Waals surface area contributed by atoms with Crippen molar-refractivity contribution in [2.24, 2.45) is 11.7 Å². The Morgan fingerprint density at radius 1 is 1.37 bits per heavy atom. The van der Waals surface area contributed by atoms with Gasteiger partial charge in [-0.2, -0.15) is 0 Å². The van der Waals surface area contributed by atoms with E-state index in [4.69, 9.17) is 5.73 Å². The molecule has 0 bridgehead atoms. The van der Waals surface area contributed by atoms with Gasteiger partial charge in [0.25, 0.3) is 0 Å². The van der Waals surface area contributed by atoms with E-state index in [-0.39, 0.29) is 23.0 Å². The van der Waals surface area contributed by atoms with Gasteiger partial charge in [-0.05, 0) is 31.4 Å². The third kappa shape index (κ3) is 4.26. The SMILES string of the molecule is Cc1c(F)cccc1S(=O)(=O)NC(CN)CC(C)C. The Morgan fingerprint density at radius 3 is 2.53 bits per heavy atom. The normalized spacial score (nSPS) is 13.8. The van der Waals surface area contributed by atoms with Crippen LogP contribution in [0.5, 0.6) is 0 Å². The first-order valence-corrected chi connectivity index (χ1v) is 7.73. The van der Waals surface area contributed by atoms with Gasteiger partial charge in [0, 0.05) is 18.2 Å². The van der Waals surface area contributed by atoms with Crippen LogP contribution in [0.2, 0.25) is 0 Å². The third-order valence-corrected chi connectivity index (χ3v) is 4.53. The first kappa shape index (κ1) is 16.1. The minimum absolute atomic E-state index is 0.0327. The number of benzene rings is 1. The largest absolute Gasteiger partial charge is 0.329 e. The molecule has 0 aliphatic rings. The molecule has 0 heterocycles. The van der Waals surface area contributed by atoms with Crippen molar-refractivity contribution in [1.82, 2.24) is 4.72 Å². The summed E-state index contributed by atoms with van der Waals surface area (Å²) < 4.78 is 40.4. The third-order valence-electron chi connectivity index (χ3n) is 2.87. The Bertz CT molecular complexity index is 529. The Morgan fingerprint density at radius 2 is 2.00 bits per heavy atom. The van der Waals surface area contributed by atoms with Crippen LogP contribution in [0, 0.1) is 18.7 Å². The van der Waals surface area contributed by atoms with Gasteiger partial charge in [-0.25, -0.2) is 17.5 Å². The summed E-state index contributed by atoms with van der Waals surface area (Å²) in [4.78, 5) is -0.0327. The fraction of sp³-hybridized carbons (Fsp3) is 0.538. The molecule has 4 nitrogen and oxygen atoms in total. The first-order chi connectivity index (χ1) is 8.77. The Labute approximate surface area is 114 Å². The lowest BCUT2D eigenvalue weighted by atomic mass is 10.1. The van der Waals surface area contributed by atoms with E-state index in [2.05, 4.69) is 4.72 Å². The van der Waals surface area contributed by atoms with E-state index in [1.54, 1.807) is 0 Å². The van der Waals surface area contributed by atoms with Crippen LogP contribution in [0.3, 0.4) is 0 Å². The molecule has 0 amide bonds. The maximum absolute atomic E-state index is 13.4. The molecular weight excluding hydrogens is 267 g/mol. The lowest BCUT2D eigenvalue weighted by Gasteiger charge is -2.19. The second-order valence-corrected chi connectivity index (χ2v) is 6.73. The van der Waals surface area contributed by atoms with E-state index in [1.807, 2.05) is 13.8 Å². The Balaban J connectivity index is 3.01. The molecule has 0 spiro atoms. The molecule has 0 saturated heterocycles. The minimum atomic E-state index is -3.74. The number of nitrogens with two attached hydrogens (primary N) is 1. The predicted octanol–water partition coefficient (Wildman–Crippen LogP) is 1.79. The quantitative estimate of drug-likeness (QED) is 0.838. The molecule has 1 atom stereocenters. The van der Waals surface area contributed by atoms with Gasteiger partial charge >= 0.3 is 0 Å². The van der Waals surface area contributed by atoms with Crippen molar-refractivity contribution in [2.45, 2.75) is 38.1 Å². The van der Waals surface area contributed by atoms with E-state index in [1.165, 1.54) is 25.1 Å². The average molecular weight is 288 g/mol. The first-order valence-electron chi connectivity index (χ1n) is 6.25. The maximum atomic E-state index is 13.4. The average Bonchev–Trinajstić information content (AvgIpc) is 2.30. The van der Waals surface area contributed by atoms with Crippen LogP contribution in [-0.2, 0) is 10.0 Å². The number of nitrogens with one attached hydrogen (secondary N) is 1. The zero-order valence-electron chi connectivity index (χ0n) is 11.5. The standard InChI is InChI=1S/C13H21FN2O2S/c1-9(2)7-11(8-15)16-19(17,18)13-6-4-5-12(14)10(13)3/h4-6,9,11,16H,7-8,15H2,1-3H3. The zero-order chi connectivity index (χ0) is 14.6. The van der Waals surface area contributed by atoms with Crippen LogP contribution in [0.15, 0.2) is 23.1 Å². The second-order valence-electron chi connectivity index (χ2n) is 5.05. The van der Waals surface area contributed by atoms with Gasteiger partial charge in [-0.15, -0.1) is 0 Å². The zero-order valence-corrected chi connectivity index (χ0v) is 12.3. The summed E-state index contributed by atoms with van der Waals surface area (Å²) in [6.45, 7) is 5.64. The molecule has 1 unspecified atom stereocenters. The van der Waals surface area contributed by atoms with E-state index in [9.17, 15) is 12.8 Å². The Hall–Kier alpha value is -0.980. The molecule has 3 N–H and O–H groups in total. The van der Waals surface area contributed by atoms with Crippen molar-refractivity contribution in [3.05, 3.63) is 29.6 Å². The van der Waals surface area contributed by atoms with Crippen LogP contribution < -0.4 is 10.5 Å². The summed E-state index contributed by atoms with van der Waals surface area (Å²) >= 11 is 0. The summed E-state index contributed by atoms with van der Waals surface area (Å²) in [5.41, 5.74) is 5.69. The van der Waals surface area contributed by atoms with Gasteiger partial charge in [0.2, 0.25) is 10.0 Å². The summed E-state index contributed by atoms with van der Waals surface area (Å²) in [6, 6.07) is 3.68. The summed E-state index contributed by atoms with van der Waals surface area (Å²) in [7, 11) is -3.74. The number of hydrogen-bond acceptors (Lipinski definition) is 3. The molecule has 0 aliphatic carbocycles. The van der Waals surface area contributed by atoms with Gasteiger partial charge < -0.3 is 5.73 Å². The molecule has 19 heavy (non-hydrogen) atoms. The molecule has 0 saturated carbocycles. The highest BCUT2D eigenvalue weighted by Gasteiger charge is 2.22. The van der Waals surface area contributed by atoms with Gasteiger partial charge in [-0.3, -0.25) is 0 Å². The van der Waals surface area contributed by atoms with Crippen LogP contribution in [0.1, 0.15) is 25.8 Å². The lowest BCUT2D eigenvalue weighted by molar-refractivity contribution is 0.464. The number of halogens is 1. The molecule has 0 aromatic heterocycles. The monoisotopic (exact) mass is 288 g/mol. The fourth-order valence-electron chi connectivity index (χ4n) is 1.92. The molecule has 0 radical (unpaired) electrons. The maximum Gasteiger partial charge on any atom is 0.241 e. The van der Waals surface area contributed by atoms with Crippen LogP contribution in [0.4, 0.5) is 4.39 Å². The summed E-state index contributed by atoms with van der Waals surface area (Å²) in [6.07, 6.45) is 0.643. The van der Waals surface area contributed by atoms with E-state index in [0.717, 1.165) is 0 Å². The number of hydrogen-bond donors (Lipinski definition) is 2. The van der Waals surface area contributed by atoms with Crippen molar-refractivity contribution < 1.29 is 12.8 Å². The predicted molar refractivity (Wildman–Crippen MR) is 73.8 cm³/mol. The van der Waals surface area contributed by atoms with E-state index >= 15 is 0 Å². The second kappa shape index (κ2) is 6.45. The van der Waals surface area contributed by atoms with Crippen molar-refractivity contribution in [1.29, 1.82) is 0 Å². The highest BCUT2D eigenvalue weighted by Crippen LogP contribution is 2.18. The van der Waals surface area contributed by atoms with Gasteiger partial charge in [0.05, 0.1) is 4.90 Å². The highest BCUT2D eigenvalue weighted by molar-refractivity contribution is 7.89. The Kier molecular flexibility index (Phi) is 5.46. The molecule has 0 aliphatic heterocycles. The summed E-state index contributed by atoms with van der Waals surface area (Å²) in [5.74, 6) is -0.208. The summed E-state index contributed by atoms with van der Waals surface area (Å²) in [5, 5.41) is 0. The smallest absolute Gasteiger partial charge is 0.241 e. The molecule has 108 valence electrons. The van der Waals surface area contributed by atoms with Crippen LogP contribution >= 0.6 is 0 Å². The van der Waals surface area contributed by atoms with Crippen molar-refractivity contribution in [3.8, 4) is 0 Å². The van der Waals surface area contributed by atoms with E-state index in [0.29, 0.717) is 12.3 Å². The number of sulfonamides is 1. The molecule has 1 aromatic rings. The van der Waals surface area contributed by atoms with Gasteiger partial charge in [0.15, 0.2) is 0 Å². The van der Waals surface area contributed by atoms with Crippen molar-refractivity contribution in [2.75, 3.05) is 6.54 Å². The highest BCUT2D eigenvalue weighted by atomic mass is 32.2. The van der Waals surface area contributed by atoms with E-state index < -0.39 is 15.8 Å². The van der Waals surface area contributed by atoms with Gasteiger partial charge in [0.1, 0.15) is 5.82 Å². The molecule has 1 aromatic carbocycles. The van der Waals surface area contributed by atoms with Crippen molar-refractivity contribution >= 4 is 10.0 Å². The minimum Gasteiger partial charge on any atom is -0.329 e. The lowest BCUT2D eigenvalue weighted by Crippen LogP contribution is -2.41. The van der Waals surface area contributed by atoms with Gasteiger partial charge in [-0.1, -0.05) is 19.9 Å². The fourth-order valence-corrected chi connectivity index (χ4v) is 3.44. The molecule has 6 heteroatoms. The van der Waals surface area contributed by atoms with Crippen LogP contribution in [-0.4, -0.2) is 21.0 Å². The molecule has 0 fully saturated rings. The molecular formula is C13H21FN2O2S. The number of rotatable bonds is 6. The molecule has 1 rings (SSSR count).